The summed E-state index contributed by atoms with van der Waals surface area (Å²) < 4.78 is 5.36. The summed E-state index contributed by atoms with van der Waals surface area (Å²) in [5.41, 5.74) is 2.42. The van der Waals surface area contributed by atoms with Crippen molar-refractivity contribution in [3.05, 3.63) is 11.1 Å². The van der Waals surface area contributed by atoms with Crippen LogP contribution >= 0.6 is 0 Å². The summed E-state index contributed by atoms with van der Waals surface area (Å²) in [4.78, 5) is 11.6. The number of rotatable bonds is 3. The lowest BCUT2D eigenvalue weighted by molar-refractivity contribution is -0.115. The van der Waals surface area contributed by atoms with Gasteiger partial charge in [0.25, 0.3) is 0 Å². The third-order valence-corrected chi connectivity index (χ3v) is 3.01. The monoisotopic (exact) mass is 180 g/mol. The summed E-state index contributed by atoms with van der Waals surface area (Å²) in [5, 5.41) is 0. The van der Waals surface area contributed by atoms with E-state index in [-0.39, 0.29) is 0 Å². The predicted octanol–water partition coefficient (Wildman–Crippen LogP) is 2.09. The molecule has 2 rings (SSSR count). The Morgan fingerprint density at radius 1 is 1.54 bits per heavy atom. The van der Waals surface area contributed by atoms with Crippen molar-refractivity contribution >= 4 is 5.78 Å². The molecule has 1 aliphatic heterocycles. The molecule has 2 aliphatic rings. The van der Waals surface area contributed by atoms with Crippen LogP contribution in [0.15, 0.2) is 11.1 Å². The average molecular weight is 180 g/mol. The fourth-order valence-electron chi connectivity index (χ4n) is 2.22. The van der Waals surface area contributed by atoms with Crippen molar-refractivity contribution in [2.45, 2.75) is 32.6 Å². The molecule has 1 aliphatic carbocycles. The van der Waals surface area contributed by atoms with E-state index in [1.807, 2.05) is 0 Å². The first-order valence-corrected chi connectivity index (χ1v) is 5.15. The van der Waals surface area contributed by atoms with Crippen LogP contribution in [0, 0.1) is 5.92 Å². The quantitative estimate of drug-likeness (QED) is 0.664. The van der Waals surface area contributed by atoms with Gasteiger partial charge in [-0.2, -0.15) is 0 Å². The molecule has 72 valence electrons. The first-order chi connectivity index (χ1) is 6.33. The maximum atomic E-state index is 11.6. The number of Topliss-reactive ketones (excluding diaryl/α,β-unsaturated/α-hetero) is 1. The number of hydrogen-bond donors (Lipinski definition) is 0. The lowest BCUT2D eigenvalue weighted by atomic mass is 10.0. The van der Waals surface area contributed by atoms with E-state index in [0.29, 0.717) is 18.1 Å². The van der Waals surface area contributed by atoms with Gasteiger partial charge in [0.2, 0.25) is 0 Å². The second-order valence-corrected chi connectivity index (χ2v) is 3.95. The molecule has 1 fully saturated rings. The van der Waals surface area contributed by atoms with Crippen LogP contribution in [0.5, 0.6) is 0 Å². The first kappa shape index (κ1) is 8.95. The zero-order valence-corrected chi connectivity index (χ0v) is 8.14. The smallest absolute Gasteiger partial charge is 0.159 e. The SMILES string of the molecule is CCCCC1=C2COC[C@H]2CC1=O. The summed E-state index contributed by atoms with van der Waals surface area (Å²) >= 11 is 0. The van der Waals surface area contributed by atoms with Gasteiger partial charge >= 0.3 is 0 Å². The number of ether oxygens (including phenoxy) is 1. The van der Waals surface area contributed by atoms with E-state index >= 15 is 0 Å². The molecule has 0 amide bonds. The normalized spacial score (nSPS) is 27.2. The van der Waals surface area contributed by atoms with Gasteiger partial charge in [0.15, 0.2) is 5.78 Å². The molecule has 13 heavy (non-hydrogen) atoms. The Balaban J connectivity index is 2.12. The molecule has 0 spiro atoms. The fraction of sp³-hybridized carbons (Fsp3) is 0.727. The van der Waals surface area contributed by atoms with Crippen LogP contribution in [0.25, 0.3) is 0 Å². The molecule has 0 aromatic carbocycles. The minimum atomic E-state index is 0.386. The van der Waals surface area contributed by atoms with E-state index in [9.17, 15) is 4.79 Å². The molecule has 0 bridgehead atoms. The third-order valence-electron chi connectivity index (χ3n) is 3.01. The molecule has 1 heterocycles. The van der Waals surface area contributed by atoms with Crippen LogP contribution in [0.2, 0.25) is 0 Å². The molecule has 1 saturated heterocycles. The van der Waals surface area contributed by atoms with E-state index < -0.39 is 0 Å². The van der Waals surface area contributed by atoms with Gasteiger partial charge in [-0.1, -0.05) is 13.3 Å². The van der Waals surface area contributed by atoms with Crippen LogP contribution in [0.1, 0.15) is 32.6 Å². The highest BCUT2D eigenvalue weighted by atomic mass is 16.5. The van der Waals surface area contributed by atoms with Crippen molar-refractivity contribution in [1.82, 2.24) is 0 Å². The molecule has 0 radical (unpaired) electrons. The number of ketones is 1. The summed E-state index contributed by atoms with van der Waals surface area (Å²) in [5.74, 6) is 0.830. The first-order valence-electron chi connectivity index (χ1n) is 5.15. The van der Waals surface area contributed by atoms with Gasteiger partial charge in [-0.3, -0.25) is 4.79 Å². The van der Waals surface area contributed by atoms with Gasteiger partial charge in [-0.25, -0.2) is 0 Å². The molecule has 0 N–H and O–H groups in total. The number of carbonyl (C=O) groups excluding carboxylic acids is 1. The van der Waals surface area contributed by atoms with Crippen LogP contribution in [-0.2, 0) is 9.53 Å². The Morgan fingerprint density at radius 2 is 2.38 bits per heavy atom. The summed E-state index contributed by atoms with van der Waals surface area (Å²) in [7, 11) is 0. The second kappa shape index (κ2) is 3.62. The second-order valence-electron chi connectivity index (χ2n) is 3.95. The van der Waals surface area contributed by atoms with Crippen LogP contribution in [-0.4, -0.2) is 19.0 Å². The molecule has 0 unspecified atom stereocenters. The Kier molecular flexibility index (Phi) is 2.49. The van der Waals surface area contributed by atoms with Gasteiger partial charge in [0.1, 0.15) is 0 Å². The third kappa shape index (κ3) is 1.55. The van der Waals surface area contributed by atoms with Gasteiger partial charge in [0.05, 0.1) is 13.2 Å². The Hall–Kier alpha value is -0.630. The van der Waals surface area contributed by atoms with Crippen molar-refractivity contribution in [2.75, 3.05) is 13.2 Å². The largest absolute Gasteiger partial charge is 0.376 e. The standard InChI is InChI=1S/C11H16O2/c1-2-3-4-9-10-7-13-6-8(10)5-11(9)12/h8H,2-7H2,1H3/t8-/m1/s1. The van der Waals surface area contributed by atoms with E-state index in [0.717, 1.165) is 38.0 Å². The predicted molar refractivity (Wildman–Crippen MR) is 50.5 cm³/mol. The van der Waals surface area contributed by atoms with Crippen LogP contribution in [0.4, 0.5) is 0 Å². The van der Waals surface area contributed by atoms with E-state index in [2.05, 4.69) is 6.92 Å². The van der Waals surface area contributed by atoms with E-state index in [1.165, 1.54) is 5.57 Å². The Morgan fingerprint density at radius 3 is 3.15 bits per heavy atom. The number of unbranched alkanes of at least 4 members (excludes halogenated alkanes) is 1. The average Bonchev–Trinajstić information content (AvgIpc) is 2.62. The van der Waals surface area contributed by atoms with Crippen molar-refractivity contribution < 1.29 is 9.53 Å². The number of carbonyl (C=O) groups is 1. The highest BCUT2D eigenvalue weighted by molar-refractivity contribution is 5.99. The maximum Gasteiger partial charge on any atom is 0.159 e. The molecule has 0 saturated carbocycles. The van der Waals surface area contributed by atoms with Gasteiger partial charge in [-0.05, 0) is 24.0 Å². The zero-order valence-electron chi connectivity index (χ0n) is 8.14. The maximum absolute atomic E-state index is 11.6. The van der Waals surface area contributed by atoms with Crippen LogP contribution in [0.3, 0.4) is 0 Å². The van der Waals surface area contributed by atoms with Crippen LogP contribution < -0.4 is 0 Å². The lowest BCUT2D eigenvalue weighted by Crippen LogP contribution is -2.01. The lowest BCUT2D eigenvalue weighted by Gasteiger charge is -2.01. The van der Waals surface area contributed by atoms with E-state index in [1.54, 1.807) is 0 Å². The minimum absolute atomic E-state index is 0.386. The number of allylic oxidation sites excluding steroid dienone is 1. The van der Waals surface area contributed by atoms with Gasteiger partial charge in [-0.15, -0.1) is 0 Å². The van der Waals surface area contributed by atoms with E-state index in [4.69, 9.17) is 4.74 Å². The summed E-state index contributed by atoms with van der Waals surface area (Å²) in [6.07, 6.45) is 3.99. The van der Waals surface area contributed by atoms with Crippen molar-refractivity contribution in [3.8, 4) is 0 Å². The molecule has 1 atom stereocenters. The molecular weight excluding hydrogens is 164 g/mol. The molecular formula is C11H16O2. The minimum Gasteiger partial charge on any atom is -0.376 e. The van der Waals surface area contributed by atoms with Crippen molar-refractivity contribution in [3.63, 3.8) is 0 Å². The van der Waals surface area contributed by atoms with Gasteiger partial charge in [0, 0.05) is 12.3 Å². The molecule has 2 heteroatoms. The fourth-order valence-corrected chi connectivity index (χ4v) is 2.22. The molecule has 2 nitrogen and oxygen atoms in total. The van der Waals surface area contributed by atoms with Crippen molar-refractivity contribution in [1.29, 1.82) is 0 Å². The molecule has 0 aromatic heterocycles. The molecule has 0 aromatic rings. The zero-order chi connectivity index (χ0) is 9.26. The highest BCUT2D eigenvalue weighted by Crippen LogP contribution is 2.36. The highest BCUT2D eigenvalue weighted by Gasteiger charge is 2.35. The Labute approximate surface area is 79.0 Å². The van der Waals surface area contributed by atoms with Crippen molar-refractivity contribution in [2.24, 2.45) is 5.92 Å². The summed E-state index contributed by atoms with van der Waals surface area (Å²) in [6.45, 7) is 3.65. The Bertz CT molecular complexity index is 253. The topological polar surface area (TPSA) is 26.3 Å². The number of hydrogen-bond acceptors (Lipinski definition) is 2. The number of fused-ring (bicyclic) bond motifs is 1. The van der Waals surface area contributed by atoms with Gasteiger partial charge < -0.3 is 4.74 Å². The summed E-state index contributed by atoms with van der Waals surface area (Å²) in [6, 6.07) is 0.